The maximum atomic E-state index is 6.52. The maximum absolute atomic E-state index is 6.52. The van der Waals surface area contributed by atoms with E-state index in [9.17, 15) is 0 Å². The van der Waals surface area contributed by atoms with Gasteiger partial charge in [-0.25, -0.2) is 0 Å². The molecule has 2 unspecified atom stereocenters. The molecule has 0 amide bonds. The molecule has 1 heterocycles. The molecule has 15 heavy (non-hydrogen) atoms. The summed E-state index contributed by atoms with van der Waals surface area (Å²) in [7, 11) is 1.95. The zero-order valence-corrected chi connectivity index (χ0v) is 9.90. The van der Waals surface area contributed by atoms with Crippen LogP contribution in [0.25, 0.3) is 0 Å². The zero-order valence-electron chi connectivity index (χ0n) is 9.90. The normalized spacial score (nSPS) is 36.8. The van der Waals surface area contributed by atoms with E-state index in [2.05, 4.69) is 25.1 Å². The first-order valence-electron chi connectivity index (χ1n) is 5.77. The molecule has 0 radical (unpaired) electrons. The third-order valence-corrected chi connectivity index (χ3v) is 3.51. The van der Waals surface area contributed by atoms with Crippen LogP contribution in [0.1, 0.15) is 38.7 Å². The van der Waals surface area contributed by atoms with E-state index in [1.807, 2.05) is 17.9 Å². The lowest BCUT2D eigenvalue weighted by atomic mass is 9.70. The second-order valence-corrected chi connectivity index (χ2v) is 5.41. The largest absolute Gasteiger partial charge is 0.321 e. The van der Waals surface area contributed by atoms with E-state index >= 15 is 0 Å². The van der Waals surface area contributed by atoms with Gasteiger partial charge in [0.2, 0.25) is 0 Å². The van der Waals surface area contributed by atoms with Gasteiger partial charge in [-0.1, -0.05) is 13.8 Å². The van der Waals surface area contributed by atoms with Crippen molar-refractivity contribution in [1.29, 1.82) is 0 Å². The highest BCUT2D eigenvalue weighted by Gasteiger charge is 2.36. The Kier molecular flexibility index (Phi) is 2.59. The monoisotopic (exact) mass is 207 g/mol. The van der Waals surface area contributed by atoms with Crippen LogP contribution < -0.4 is 5.73 Å². The van der Waals surface area contributed by atoms with Crippen LogP contribution in [0.2, 0.25) is 0 Å². The van der Waals surface area contributed by atoms with Gasteiger partial charge in [-0.3, -0.25) is 4.68 Å². The van der Waals surface area contributed by atoms with Gasteiger partial charge in [-0.2, -0.15) is 5.10 Å². The fraction of sp³-hybridized carbons (Fsp3) is 0.750. The molecule has 1 fully saturated rings. The van der Waals surface area contributed by atoms with E-state index in [4.69, 9.17) is 5.73 Å². The second-order valence-electron chi connectivity index (χ2n) is 5.41. The third-order valence-electron chi connectivity index (χ3n) is 3.51. The lowest BCUT2D eigenvalue weighted by Gasteiger charge is -2.39. The summed E-state index contributed by atoms with van der Waals surface area (Å²) >= 11 is 0. The van der Waals surface area contributed by atoms with E-state index in [0.717, 1.165) is 24.7 Å². The van der Waals surface area contributed by atoms with Gasteiger partial charge < -0.3 is 5.73 Å². The molecule has 1 saturated carbocycles. The quantitative estimate of drug-likeness (QED) is 0.765. The number of nitrogens with two attached hydrogens (primary N) is 1. The topological polar surface area (TPSA) is 43.8 Å². The highest BCUT2D eigenvalue weighted by atomic mass is 15.2. The maximum Gasteiger partial charge on any atom is 0.0540 e. The van der Waals surface area contributed by atoms with Crippen molar-refractivity contribution in [3.05, 3.63) is 18.0 Å². The van der Waals surface area contributed by atoms with E-state index in [1.54, 1.807) is 0 Å². The zero-order chi connectivity index (χ0) is 11.1. The lowest BCUT2D eigenvalue weighted by Crippen LogP contribution is -2.43. The number of hydrogen-bond acceptors (Lipinski definition) is 2. The van der Waals surface area contributed by atoms with E-state index in [-0.39, 0.29) is 5.54 Å². The Balaban J connectivity index is 2.25. The van der Waals surface area contributed by atoms with E-state index < -0.39 is 0 Å². The van der Waals surface area contributed by atoms with Gasteiger partial charge in [-0.15, -0.1) is 0 Å². The first-order valence-corrected chi connectivity index (χ1v) is 5.77. The van der Waals surface area contributed by atoms with Crippen molar-refractivity contribution >= 4 is 0 Å². The summed E-state index contributed by atoms with van der Waals surface area (Å²) in [4.78, 5) is 0. The van der Waals surface area contributed by atoms with Crippen molar-refractivity contribution < 1.29 is 0 Å². The molecule has 0 saturated heterocycles. The average Bonchev–Trinajstić information content (AvgIpc) is 2.49. The Hall–Kier alpha value is -0.830. The van der Waals surface area contributed by atoms with Crippen LogP contribution in [0.3, 0.4) is 0 Å². The smallest absolute Gasteiger partial charge is 0.0540 e. The Morgan fingerprint density at radius 3 is 2.47 bits per heavy atom. The van der Waals surface area contributed by atoms with Crippen molar-refractivity contribution in [2.24, 2.45) is 24.6 Å². The molecule has 2 atom stereocenters. The molecular formula is C12H21N3. The van der Waals surface area contributed by atoms with Gasteiger partial charge in [-0.05, 0) is 31.1 Å². The van der Waals surface area contributed by atoms with Crippen LogP contribution >= 0.6 is 0 Å². The lowest BCUT2D eigenvalue weighted by molar-refractivity contribution is 0.183. The molecule has 2 rings (SSSR count). The standard InChI is InChI=1S/C12H21N3/c1-9-4-10(2)6-12(13,5-9)11-7-14-15(3)8-11/h7-10H,4-6,13H2,1-3H3. The fourth-order valence-corrected chi connectivity index (χ4v) is 3.09. The summed E-state index contributed by atoms with van der Waals surface area (Å²) in [6.07, 6.45) is 7.46. The molecule has 1 aromatic rings. The molecule has 1 aliphatic carbocycles. The van der Waals surface area contributed by atoms with E-state index in [1.165, 1.54) is 12.0 Å². The van der Waals surface area contributed by atoms with E-state index in [0.29, 0.717) is 0 Å². The third kappa shape index (κ3) is 2.07. The predicted molar refractivity (Wildman–Crippen MR) is 61.3 cm³/mol. The number of aryl methyl sites for hydroxylation is 1. The minimum absolute atomic E-state index is 0.147. The van der Waals surface area contributed by atoms with Crippen LogP contribution in [0.4, 0.5) is 0 Å². The fourth-order valence-electron chi connectivity index (χ4n) is 3.09. The predicted octanol–water partition coefficient (Wildman–Crippen LogP) is 2.03. The summed E-state index contributed by atoms with van der Waals surface area (Å²) in [5.41, 5.74) is 7.57. The molecule has 3 nitrogen and oxygen atoms in total. The van der Waals surface area contributed by atoms with Crippen molar-refractivity contribution in [3.8, 4) is 0 Å². The Morgan fingerprint density at radius 1 is 1.40 bits per heavy atom. The van der Waals surface area contributed by atoms with Gasteiger partial charge in [0.25, 0.3) is 0 Å². The van der Waals surface area contributed by atoms with Crippen molar-refractivity contribution in [3.63, 3.8) is 0 Å². The second kappa shape index (κ2) is 3.63. The number of rotatable bonds is 1. The molecule has 1 aliphatic rings. The molecule has 0 aromatic carbocycles. The molecule has 0 aliphatic heterocycles. The Labute approximate surface area is 91.7 Å². The van der Waals surface area contributed by atoms with Crippen LogP contribution in [0, 0.1) is 11.8 Å². The first-order chi connectivity index (χ1) is 6.99. The highest BCUT2D eigenvalue weighted by Crippen LogP contribution is 2.40. The number of hydrogen-bond donors (Lipinski definition) is 1. The van der Waals surface area contributed by atoms with Crippen molar-refractivity contribution in [2.75, 3.05) is 0 Å². The summed E-state index contributed by atoms with van der Waals surface area (Å²) in [5, 5.41) is 4.22. The summed E-state index contributed by atoms with van der Waals surface area (Å²) in [6, 6.07) is 0. The number of aromatic nitrogens is 2. The number of nitrogens with zero attached hydrogens (tertiary/aromatic N) is 2. The molecule has 84 valence electrons. The van der Waals surface area contributed by atoms with Gasteiger partial charge in [0.15, 0.2) is 0 Å². The van der Waals surface area contributed by atoms with Crippen molar-refractivity contribution in [2.45, 2.75) is 38.6 Å². The Morgan fingerprint density at radius 2 is 2.00 bits per heavy atom. The molecule has 1 aromatic heterocycles. The molecule has 0 spiro atoms. The van der Waals surface area contributed by atoms with Gasteiger partial charge in [0, 0.05) is 24.3 Å². The molecule has 3 heteroatoms. The highest BCUT2D eigenvalue weighted by molar-refractivity contribution is 5.19. The summed E-state index contributed by atoms with van der Waals surface area (Å²) < 4.78 is 1.84. The van der Waals surface area contributed by atoms with Crippen molar-refractivity contribution in [1.82, 2.24) is 9.78 Å². The minimum atomic E-state index is -0.147. The van der Waals surface area contributed by atoms with Crippen LogP contribution in [-0.4, -0.2) is 9.78 Å². The van der Waals surface area contributed by atoms with Gasteiger partial charge in [0.05, 0.1) is 6.20 Å². The van der Waals surface area contributed by atoms with Crippen LogP contribution in [-0.2, 0) is 12.6 Å². The molecule has 0 bridgehead atoms. The van der Waals surface area contributed by atoms with Crippen LogP contribution in [0.5, 0.6) is 0 Å². The minimum Gasteiger partial charge on any atom is -0.321 e. The first kappa shape index (κ1) is 10.7. The summed E-state index contributed by atoms with van der Waals surface area (Å²) in [5.74, 6) is 1.44. The average molecular weight is 207 g/mol. The summed E-state index contributed by atoms with van der Waals surface area (Å²) in [6.45, 7) is 4.60. The molecule has 2 N–H and O–H groups in total. The molecular weight excluding hydrogens is 186 g/mol. The van der Waals surface area contributed by atoms with Gasteiger partial charge in [0.1, 0.15) is 0 Å². The Bertz CT molecular complexity index is 332. The van der Waals surface area contributed by atoms with Crippen LogP contribution in [0.15, 0.2) is 12.4 Å². The van der Waals surface area contributed by atoms with Gasteiger partial charge >= 0.3 is 0 Å². The SMILES string of the molecule is CC1CC(C)CC(N)(c2cnn(C)c2)C1.